The van der Waals surface area contributed by atoms with Gasteiger partial charge in [0.2, 0.25) is 0 Å². The van der Waals surface area contributed by atoms with Gasteiger partial charge in [-0.25, -0.2) is 4.79 Å². The van der Waals surface area contributed by atoms with Crippen molar-refractivity contribution in [3.8, 4) is 0 Å². The predicted octanol–water partition coefficient (Wildman–Crippen LogP) is 3.42. The number of carbonyl (C=O) groups excluding carboxylic acids is 1. The van der Waals surface area contributed by atoms with Crippen LogP contribution in [0.5, 0.6) is 0 Å². The number of nitrogens with one attached hydrogen (secondary N) is 2. The number of urea groups is 1. The van der Waals surface area contributed by atoms with Crippen molar-refractivity contribution in [2.24, 2.45) is 0 Å². The fourth-order valence-electron chi connectivity index (χ4n) is 2.20. The summed E-state index contributed by atoms with van der Waals surface area (Å²) >= 11 is 11.8. The number of anilines is 1. The van der Waals surface area contributed by atoms with Crippen molar-refractivity contribution in [3.63, 3.8) is 0 Å². The smallest absolute Gasteiger partial charge is 0.319 e. The molecule has 0 saturated heterocycles. The Kier molecular flexibility index (Phi) is 4.91. The Balaban J connectivity index is 1.95. The van der Waals surface area contributed by atoms with E-state index < -0.39 is 6.10 Å². The van der Waals surface area contributed by atoms with E-state index in [4.69, 9.17) is 23.2 Å². The first-order valence-electron chi connectivity index (χ1n) is 6.27. The molecule has 1 aromatic rings. The lowest BCUT2D eigenvalue weighted by Crippen LogP contribution is -2.46. The van der Waals surface area contributed by atoms with Crippen LogP contribution in [0.4, 0.5) is 10.5 Å². The Morgan fingerprint density at radius 1 is 1.26 bits per heavy atom. The van der Waals surface area contributed by atoms with Crippen LogP contribution in [0.1, 0.15) is 25.7 Å². The molecule has 2 atom stereocenters. The molecule has 6 heteroatoms. The second kappa shape index (κ2) is 6.46. The molecule has 19 heavy (non-hydrogen) atoms. The standard InChI is InChI=1S/C13H16Cl2N2O2/c14-8-5-6-9(15)11(7-8)17-13(19)16-10-3-1-2-4-12(10)18/h5-7,10,12,18H,1-4H2,(H2,16,17,19)/t10-,12-/m0/s1. The second-order valence-electron chi connectivity index (χ2n) is 4.68. The minimum absolute atomic E-state index is 0.202. The molecule has 0 radical (unpaired) electrons. The first kappa shape index (κ1) is 14.4. The highest BCUT2D eigenvalue weighted by Crippen LogP contribution is 2.25. The van der Waals surface area contributed by atoms with Gasteiger partial charge in [-0.1, -0.05) is 36.0 Å². The fraction of sp³-hybridized carbons (Fsp3) is 0.462. The third kappa shape index (κ3) is 4.00. The lowest BCUT2D eigenvalue weighted by atomic mass is 9.93. The molecule has 1 fully saturated rings. The monoisotopic (exact) mass is 302 g/mol. The van der Waals surface area contributed by atoms with E-state index in [-0.39, 0.29) is 12.1 Å². The van der Waals surface area contributed by atoms with E-state index in [9.17, 15) is 9.90 Å². The van der Waals surface area contributed by atoms with Crippen LogP contribution in [0.25, 0.3) is 0 Å². The molecule has 4 nitrogen and oxygen atoms in total. The van der Waals surface area contributed by atoms with Crippen LogP contribution in [0.15, 0.2) is 18.2 Å². The number of carbonyl (C=O) groups is 1. The maximum Gasteiger partial charge on any atom is 0.319 e. The maximum atomic E-state index is 11.9. The zero-order valence-corrected chi connectivity index (χ0v) is 11.8. The van der Waals surface area contributed by atoms with Gasteiger partial charge in [0.1, 0.15) is 0 Å². The van der Waals surface area contributed by atoms with E-state index >= 15 is 0 Å². The summed E-state index contributed by atoms with van der Waals surface area (Å²) in [6.45, 7) is 0. The Morgan fingerprint density at radius 3 is 2.74 bits per heavy atom. The van der Waals surface area contributed by atoms with E-state index in [0.29, 0.717) is 15.7 Å². The van der Waals surface area contributed by atoms with Gasteiger partial charge in [0.15, 0.2) is 0 Å². The van der Waals surface area contributed by atoms with Crippen LogP contribution in [0.3, 0.4) is 0 Å². The number of aliphatic hydroxyl groups excluding tert-OH is 1. The van der Waals surface area contributed by atoms with E-state index in [1.165, 1.54) is 0 Å². The average molecular weight is 303 g/mol. The molecule has 0 spiro atoms. The lowest BCUT2D eigenvalue weighted by molar-refractivity contribution is 0.0955. The Bertz CT molecular complexity index is 468. The van der Waals surface area contributed by atoms with Gasteiger partial charge in [0.25, 0.3) is 0 Å². The highest BCUT2D eigenvalue weighted by atomic mass is 35.5. The zero-order valence-electron chi connectivity index (χ0n) is 10.3. The summed E-state index contributed by atoms with van der Waals surface area (Å²) in [5, 5.41) is 16.1. The number of rotatable bonds is 2. The van der Waals surface area contributed by atoms with E-state index in [1.54, 1.807) is 18.2 Å². The minimum Gasteiger partial charge on any atom is -0.391 e. The van der Waals surface area contributed by atoms with Crippen LogP contribution < -0.4 is 10.6 Å². The van der Waals surface area contributed by atoms with Crippen LogP contribution in [0, 0.1) is 0 Å². The molecule has 0 bridgehead atoms. The van der Waals surface area contributed by atoms with Gasteiger partial charge in [-0.15, -0.1) is 0 Å². The molecule has 104 valence electrons. The minimum atomic E-state index is -0.477. The average Bonchev–Trinajstić information content (AvgIpc) is 2.37. The summed E-state index contributed by atoms with van der Waals surface area (Å²) in [7, 11) is 0. The molecular weight excluding hydrogens is 287 g/mol. The molecule has 0 unspecified atom stereocenters. The van der Waals surface area contributed by atoms with Crippen LogP contribution in [-0.4, -0.2) is 23.3 Å². The summed E-state index contributed by atoms with van der Waals surface area (Å²) in [6.07, 6.45) is 3.05. The third-order valence-electron chi connectivity index (χ3n) is 3.22. The van der Waals surface area contributed by atoms with E-state index in [2.05, 4.69) is 10.6 Å². The quantitative estimate of drug-likeness (QED) is 0.784. The molecule has 0 heterocycles. The van der Waals surface area contributed by atoms with Crippen molar-refractivity contribution in [1.29, 1.82) is 0 Å². The van der Waals surface area contributed by atoms with Crippen molar-refractivity contribution in [3.05, 3.63) is 28.2 Å². The SMILES string of the molecule is O=C(Nc1cc(Cl)ccc1Cl)N[C@H]1CCCC[C@@H]1O. The summed E-state index contributed by atoms with van der Waals surface area (Å²) in [5.41, 5.74) is 0.456. The molecular formula is C13H16Cl2N2O2. The Labute approximate surface area is 122 Å². The first-order valence-corrected chi connectivity index (χ1v) is 7.02. The molecule has 0 aliphatic heterocycles. The van der Waals surface area contributed by atoms with Crippen molar-refractivity contribution in [2.45, 2.75) is 37.8 Å². The van der Waals surface area contributed by atoms with E-state index in [0.717, 1.165) is 25.7 Å². The molecule has 0 aromatic heterocycles. The molecule has 1 aliphatic rings. The van der Waals surface area contributed by atoms with Gasteiger partial charge in [-0.3, -0.25) is 0 Å². The normalized spacial score (nSPS) is 22.9. The van der Waals surface area contributed by atoms with Crippen molar-refractivity contribution in [2.75, 3.05) is 5.32 Å². The van der Waals surface area contributed by atoms with Crippen molar-refractivity contribution >= 4 is 34.9 Å². The third-order valence-corrected chi connectivity index (χ3v) is 3.79. The molecule has 2 amide bonds. The van der Waals surface area contributed by atoms with Crippen molar-refractivity contribution in [1.82, 2.24) is 5.32 Å². The summed E-state index contributed by atoms with van der Waals surface area (Å²) in [6, 6.07) is 4.27. The molecule has 3 N–H and O–H groups in total. The van der Waals surface area contributed by atoms with Gasteiger partial charge in [0.05, 0.1) is 22.9 Å². The van der Waals surface area contributed by atoms with Gasteiger partial charge < -0.3 is 15.7 Å². The molecule has 1 aromatic carbocycles. The van der Waals surface area contributed by atoms with E-state index in [1.807, 2.05) is 0 Å². The van der Waals surface area contributed by atoms with Crippen LogP contribution >= 0.6 is 23.2 Å². The van der Waals surface area contributed by atoms with Crippen molar-refractivity contribution < 1.29 is 9.90 Å². The first-order chi connectivity index (χ1) is 9.06. The predicted molar refractivity (Wildman–Crippen MR) is 76.9 cm³/mol. The highest BCUT2D eigenvalue weighted by Gasteiger charge is 2.24. The van der Waals surface area contributed by atoms with Gasteiger partial charge in [0, 0.05) is 5.02 Å². The lowest BCUT2D eigenvalue weighted by Gasteiger charge is -2.28. The summed E-state index contributed by atoms with van der Waals surface area (Å²) in [5.74, 6) is 0. The second-order valence-corrected chi connectivity index (χ2v) is 5.52. The number of hydrogen-bond acceptors (Lipinski definition) is 2. The number of benzene rings is 1. The number of aliphatic hydroxyl groups is 1. The zero-order chi connectivity index (χ0) is 13.8. The molecule has 2 rings (SSSR count). The van der Waals surface area contributed by atoms with Gasteiger partial charge >= 0.3 is 6.03 Å². The summed E-state index contributed by atoms with van der Waals surface area (Å²) in [4.78, 5) is 11.9. The largest absolute Gasteiger partial charge is 0.391 e. The number of amides is 2. The highest BCUT2D eigenvalue weighted by molar-refractivity contribution is 6.35. The molecule has 1 saturated carbocycles. The maximum absolute atomic E-state index is 11.9. The van der Waals surface area contributed by atoms with Crippen LogP contribution in [0.2, 0.25) is 10.0 Å². The molecule has 1 aliphatic carbocycles. The summed E-state index contributed by atoms with van der Waals surface area (Å²) < 4.78 is 0. The Morgan fingerprint density at radius 2 is 2.00 bits per heavy atom. The van der Waals surface area contributed by atoms with Gasteiger partial charge in [-0.2, -0.15) is 0 Å². The number of hydrogen-bond donors (Lipinski definition) is 3. The van der Waals surface area contributed by atoms with Gasteiger partial charge in [-0.05, 0) is 31.0 Å². The fourth-order valence-corrected chi connectivity index (χ4v) is 2.54. The number of halogens is 2. The Hall–Kier alpha value is -0.970. The topological polar surface area (TPSA) is 61.4 Å². The van der Waals surface area contributed by atoms with Crippen LogP contribution in [-0.2, 0) is 0 Å².